The van der Waals surface area contributed by atoms with Gasteiger partial charge in [0.15, 0.2) is 0 Å². The monoisotopic (exact) mass is 726 g/mol. The molecule has 4 atom stereocenters. The van der Waals surface area contributed by atoms with E-state index in [9.17, 15) is 9.59 Å². The Bertz CT molecular complexity index is 1500. The van der Waals surface area contributed by atoms with Gasteiger partial charge in [0.05, 0.1) is 18.3 Å². The highest BCUT2D eigenvalue weighted by Gasteiger charge is 2.35. The van der Waals surface area contributed by atoms with E-state index in [-0.39, 0.29) is 23.8 Å². The van der Waals surface area contributed by atoms with Crippen molar-refractivity contribution in [2.75, 3.05) is 52.4 Å². The van der Waals surface area contributed by atoms with Crippen LogP contribution in [0, 0.1) is 25.2 Å². The molecule has 1 saturated carbocycles. The first kappa shape index (κ1) is 39.5. The second kappa shape index (κ2) is 19.4. The zero-order valence-electron chi connectivity index (χ0n) is 33.1. The van der Waals surface area contributed by atoms with Crippen LogP contribution in [0.15, 0.2) is 30.3 Å². The molecule has 0 bridgehead atoms. The number of piperazine rings is 1. The number of fused-ring (bicyclic) bond motifs is 1. The Balaban J connectivity index is 0.978. The Morgan fingerprint density at radius 2 is 1.66 bits per heavy atom. The molecule has 4 aliphatic rings. The lowest BCUT2D eigenvalue weighted by molar-refractivity contribution is -0.132. The van der Waals surface area contributed by atoms with Crippen LogP contribution in [0.3, 0.4) is 0 Å². The second-order valence-corrected chi connectivity index (χ2v) is 16.6. The summed E-state index contributed by atoms with van der Waals surface area (Å²) in [6, 6.07) is 12.0. The highest BCUT2D eigenvalue weighted by atomic mass is 16.2. The maximum atomic E-state index is 13.3. The highest BCUT2D eigenvalue weighted by molar-refractivity contribution is 5.79. The Kier molecular flexibility index (Phi) is 14.5. The largest absolute Gasteiger partial charge is 0.349 e. The van der Waals surface area contributed by atoms with Gasteiger partial charge in [-0.05, 0) is 97.2 Å². The number of aryl methyl sites for hydroxylation is 1. The molecule has 1 aromatic carbocycles. The fourth-order valence-electron chi connectivity index (χ4n) is 9.79. The van der Waals surface area contributed by atoms with Crippen LogP contribution in [0.25, 0.3) is 0 Å². The summed E-state index contributed by atoms with van der Waals surface area (Å²) in [5, 5.41) is 3.47. The number of carbonyl (C=O) groups is 2. The summed E-state index contributed by atoms with van der Waals surface area (Å²) >= 11 is 0. The Hall–Kier alpha value is -3.19. The molecule has 1 N–H and O–H groups in total. The smallest absolute Gasteiger partial charge is 0.223 e. The van der Waals surface area contributed by atoms with Crippen molar-refractivity contribution in [1.29, 1.82) is 0 Å². The average molecular weight is 726 g/mol. The lowest BCUT2D eigenvalue weighted by atomic mass is 10.00. The summed E-state index contributed by atoms with van der Waals surface area (Å²) in [6.45, 7) is 15.8. The minimum atomic E-state index is 0.0412. The standard InChI is InChI=1S/C44H67N7O2/c1-5-6-7-13-24-47-28-30-48(31-29-47)25-14-19-43(52)49-26-23-42-41(33-49)45-36(4)51(42)35(3)32-39-21-20-34(2)50(39)27-22-40(37-15-9-8-10-16-37)46-44(53)38-17-11-12-18-38/h1,8-10,15-16,34-35,38-40H,6-7,11-14,17-33H2,2-4H3,(H,46,53). The molecule has 2 amide bonds. The van der Waals surface area contributed by atoms with E-state index in [0.29, 0.717) is 31.1 Å². The molecule has 0 spiro atoms. The van der Waals surface area contributed by atoms with Crippen LogP contribution in [-0.4, -0.2) is 105 Å². The predicted molar refractivity (Wildman–Crippen MR) is 213 cm³/mol. The number of nitrogens with zero attached hydrogens (tertiary/aromatic N) is 6. The topological polar surface area (TPSA) is 77.0 Å². The number of hydrogen-bond donors (Lipinski definition) is 1. The van der Waals surface area contributed by atoms with Gasteiger partial charge in [0, 0.05) is 88.3 Å². The van der Waals surface area contributed by atoms with E-state index < -0.39 is 0 Å². The summed E-state index contributed by atoms with van der Waals surface area (Å²) in [5.74, 6) is 4.50. The van der Waals surface area contributed by atoms with Gasteiger partial charge in [-0.15, -0.1) is 12.3 Å². The molecule has 2 saturated heterocycles. The van der Waals surface area contributed by atoms with Crippen LogP contribution >= 0.6 is 0 Å². The number of hydrogen-bond acceptors (Lipinski definition) is 6. The van der Waals surface area contributed by atoms with Gasteiger partial charge >= 0.3 is 0 Å². The van der Waals surface area contributed by atoms with E-state index in [2.05, 4.69) is 81.6 Å². The van der Waals surface area contributed by atoms with Crippen LogP contribution in [-0.2, 0) is 22.6 Å². The lowest BCUT2D eigenvalue weighted by Crippen LogP contribution is -2.46. The van der Waals surface area contributed by atoms with E-state index in [4.69, 9.17) is 11.4 Å². The minimum Gasteiger partial charge on any atom is -0.349 e. The molecular formula is C44H67N7O2. The summed E-state index contributed by atoms with van der Waals surface area (Å²) in [5.41, 5.74) is 3.63. The number of rotatable bonds is 17. The minimum absolute atomic E-state index is 0.0412. The van der Waals surface area contributed by atoms with Gasteiger partial charge in [-0.1, -0.05) is 43.2 Å². The molecule has 9 nitrogen and oxygen atoms in total. The van der Waals surface area contributed by atoms with Crippen LogP contribution in [0.2, 0.25) is 0 Å². The van der Waals surface area contributed by atoms with Crippen molar-refractivity contribution in [3.63, 3.8) is 0 Å². The number of likely N-dealkylation sites (tertiary alicyclic amines) is 1. The van der Waals surface area contributed by atoms with Crippen molar-refractivity contribution in [2.24, 2.45) is 5.92 Å². The van der Waals surface area contributed by atoms with Crippen LogP contribution < -0.4 is 5.32 Å². The number of unbranched alkanes of at least 4 members (excludes halogenated alkanes) is 2. The molecule has 9 heteroatoms. The zero-order valence-corrected chi connectivity index (χ0v) is 33.1. The predicted octanol–water partition coefficient (Wildman–Crippen LogP) is 6.52. The van der Waals surface area contributed by atoms with Crippen molar-refractivity contribution >= 4 is 11.8 Å². The van der Waals surface area contributed by atoms with E-state index in [0.717, 1.165) is 115 Å². The first-order valence-electron chi connectivity index (χ1n) is 21.1. The van der Waals surface area contributed by atoms with Gasteiger partial charge < -0.3 is 24.6 Å². The Labute approximate surface area is 320 Å². The van der Waals surface area contributed by atoms with Crippen LogP contribution in [0.1, 0.15) is 132 Å². The Morgan fingerprint density at radius 3 is 2.38 bits per heavy atom. The summed E-state index contributed by atoms with van der Waals surface area (Å²) in [7, 11) is 0. The fraction of sp³-hybridized carbons (Fsp3) is 0.705. The number of imidazole rings is 1. The van der Waals surface area contributed by atoms with Crippen molar-refractivity contribution in [3.05, 3.63) is 53.1 Å². The molecule has 3 fully saturated rings. The number of aromatic nitrogens is 2. The van der Waals surface area contributed by atoms with Crippen molar-refractivity contribution < 1.29 is 9.59 Å². The fourth-order valence-corrected chi connectivity index (χ4v) is 9.79. The highest BCUT2D eigenvalue weighted by Crippen LogP contribution is 2.34. The van der Waals surface area contributed by atoms with Crippen molar-refractivity contribution in [2.45, 2.75) is 141 Å². The van der Waals surface area contributed by atoms with E-state index in [1.165, 1.54) is 43.4 Å². The molecule has 2 aromatic rings. The molecule has 3 aliphatic heterocycles. The average Bonchev–Trinajstić information content (AvgIpc) is 3.91. The number of terminal acetylenes is 1. The SMILES string of the molecule is C#CCCCCN1CCN(CCCC(=O)N2CCc3c(nc(C)n3C(C)CC3CCC(C)N3CCC(NC(=O)C3CCCC3)c3ccccc3)C2)CC1. The third-order valence-corrected chi connectivity index (χ3v) is 12.9. The number of carbonyl (C=O) groups excluding carboxylic acids is 2. The molecule has 290 valence electrons. The normalized spacial score (nSPS) is 22.8. The first-order valence-corrected chi connectivity index (χ1v) is 21.1. The van der Waals surface area contributed by atoms with E-state index >= 15 is 0 Å². The molecule has 1 aliphatic carbocycles. The van der Waals surface area contributed by atoms with E-state index in [1.807, 2.05) is 4.90 Å². The second-order valence-electron chi connectivity index (χ2n) is 16.6. The van der Waals surface area contributed by atoms with E-state index in [1.54, 1.807) is 0 Å². The number of benzene rings is 1. The Morgan fingerprint density at radius 1 is 0.943 bits per heavy atom. The molecule has 6 rings (SSSR count). The summed E-state index contributed by atoms with van der Waals surface area (Å²) in [6.07, 6.45) is 19.8. The number of nitrogens with one attached hydrogen (secondary N) is 1. The number of amides is 2. The molecule has 4 heterocycles. The molecule has 1 aromatic heterocycles. The third-order valence-electron chi connectivity index (χ3n) is 12.9. The quantitative estimate of drug-likeness (QED) is 0.148. The van der Waals surface area contributed by atoms with Crippen molar-refractivity contribution in [1.82, 2.24) is 34.5 Å². The maximum absolute atomic E-state index is 13.3. The first-order chi connectivity index (χ1) is 25.8. The third kappa shape index (κ3) is 10.5. The molecule has 53 heavy (non-hydrogen) atoms. The van der Waals surface area contributed by atoms with Crippen LogP contribution in [0.5, 0.6) is 0 Å². The molecular weight excluding hydrogens is 659 g/mol. The van der Waals surface area contributed by atoms with Crippen molar-refractivity contribution in [3.8, 4) is 12.3 Å². The molecule has 0 radical (unpaired) electrons. The lowest BCUT2D eigenvalue weighted by Gasteiger charge is -2.35. The maximum Gasteiger partial charge on any atom is 0.223 e. The van der Waals surface area contributed by atoms with Gasteiger partial charge in [-0.2, -0.15) is 0 Å². The van der Waals surface area contributed by atoms with Crippen LogP contribution in [0.4, 0.5) is 0 Å². The van der Waals surface area contributed by atoms with Gasteiger partial charge in [0.2, 0.25) is 11.8 Å². The van der Waals surface area contributed by atoms with Gasteiger partial charge in [0.25, 0.3) is 0 Å². The zero-order chi connectivity index (χ0) is 37.2. The van der Waals surface area contributed by atoms with Gasteiger partial charge in [0.1, 0.15) is 5.82 Å². The summed E-state index contributed by atoms with van der Waals surface area (Å²) in [4.78, 5) is 41.5. The molecule has 4 unspecified atom stereocenters. The summed E-state index contributed by atoms with van der Waals surface area (Å²) < 4.78 is 2.49. The van der Waals surface area contributed by atoms with Gasteiger partial charge in [-0.3, -0.25) is 14.5 Å². The van der Waals surface area contributed by atoms with Gasteiger partial charge in [-0.25, -0.2) is 4.98 Å².